The van der Waals surface area contributed by atoms with E-state index in [1.54, 1.807) is 0 Å². The molecule has 0 saturated carbocycles. The lowest BCUT2D eigenvalue weighted by Crippen LogP contribution is -2.45. The van der Waals surface area contributed by atoms with E-state index < -0.39 is 24.7 Å². The highest BCUT2D eigenvalue weighted by Crippen LogP contribution is 2.16. The van der Waals surface area contributed by atoms with Crippen LogP contribution in [0.25, 0.3) is 0 Å². The molecule has 7 nitrogen and oxygen atoms in total. The van der Waals surface area contributed by atoms with E-state index in [1.807, 2.05) is 0 Å². The number of hydrogen-bond donors (Lipinski definition) is 2. The van der Waals surface area contributed by atoms with Crippen LogP contribution < -0.4 is 5.32 Å². The predicted octanol–water partition coefficient (Wildman–Crippen LogP) is 1.18. The van der Waals surface area contributed by atoms with Crippen molar-refractivity contribution >= 4 is 12.0 Å². The van der Waals surface area contributed by atoms with Crippen molar-refractivity contribution in [2.45, 2.75) is 19.6 Å². The summed E-state index contributed by atoms with van der Waals surface area (Å²) >= 11 is 0. The van der Waals surface area contributed by atoms with Crippen LogP contribution in [0.15, 0.2) is 12.5 Å². The maximum atomic E-state index is 12.2. The summed E-state index contributed by atoms with van der Waals surface area (Å²) in [6.45, 7) is 0.321. The van der Waals surface area contributed by atoms with Gasteiger partial charge in [0.2, 0.25) is 0 Å². The number of aromatic nitrogens is 2. The molecule has 1 aromatic rings. The number of urea groups is 1. The first-order valence-corrected chi connectivity index (χ1v) is 6.07. The molecule has 0 bridgehead atoms. The van der Waals surface area contributed by atoms with Crippen molar-refractivity contribution in [2.24, 2.45) is 0 Å². The minimum atomic E-state index is -4.45. The fourth-order valence-electron chi connectivity index (χ4n) is 1.54. The number of halogens is 3. The van der Waals surface area contributed by atoms with Gasteiger partial charge in [0.25, 0.3) is 0 Å². The lowest BCUT2D eigenvalue weighted by molar-refractivity contribution is -0.139. The molecule has 1 heterocycles. The van der Waals surface area contributed by atoms with Crippen LogP contribution in [-0.2, 0) is 6.54 Å². The van der Waals surface area contributed by atoms with Crippen molar-refractivity contribution in [3.05, 3.63) is 18.2 Å². The van der Waals surface area contributed by atoms with Gasteiger partial charge in [-0.3, -0.25) is 0 Å². The Balaban J connectivity index is 2.42. The summed E-state index contributed by atoms with van der Waals surface area (Å²) in [7, 11) is 0. The normalized spacial score (nSPS) is 11.2. The van der Waals surface area contributed by atoms with Crippen molar-refractivity contribution in [1.29, 1.82) is 0 Å². The Kier molecular flexibility index (Phi) is 5.56. The number of imidazole rings is 1. The van der Waals surface area contributed by atoms with Gasteiger partial charge in [-0.1, -0.05) is 0 Å². The first-order valence-electron chi connectivity index (χ1n) is 6.07. The maximum absolute atomic E-state index is 12.2. The number of amides is 2. The number of aromatic carboxylic acids is 1. The van der Waals surface area contributed by atoms with Gasteiger partial charge in [-0.2, -0.15) is 13.2 Å². The summed E-state index contributed by atoms with van der Waals surface area (Å²) in [5.74, 6) is -1.18. The molecule has 0 radical (unpaired) electrons. The molecule has 2 amide bonds. The molecular formula is C11H15F3N4O3. The highest BCUT2D eigenvalue weighted by molar-refractivity contribution is 5.84. The zero-order valence-electron chi connectivity index (χ0n) is 11.2. The van der Waals surface area contributed by atoms with Crippen LogP contribution in [0, 0.1) is 0 Å². The zero-order chi connectivity index (χ0) is 16.0. The topological polar surface area (TPSA) is 87.5 Å². The Morgan fingerprint density at radius 1 is 1.48 bits per heavy atom. The van der Waals surface area contributed by atoms with Crippen LogP contribution >= 0.6 is 0 Å². The quantitative estimate of drug-likeness (QED) is 0.826. The van der Waals surface area contributed by atoms with Gasteiger partial charge in [0.1, 0.15) is 6.54 Å². The Hall–Kier alpha value is -2.26. The van der Waals surface area contributed by atoms with E-state index in [2.05, 4.69) is 10.3 Å². The van der Waals surface area contributed by atoms with E-state index >= 15 is 0 Å². The molecule has 21 heavy (non-hydrogen) atoms. The molecule has 2 N–H and O–H groups in total. The molecule has 0 aliphatic heterocycles. The van der Waals surface area contributed by atoms with E-state index in [4.69, 9.17) is 5.11 Å². The average Bonchev–Trinajstić information content (AvgIpc) is 2.83. The highest BCUT2D eigenvalue weighted by atomic mass is 19.4. The number of hydrogen-bond acceptors (Lipinski definition) is 3. The van der Waals surface area contributed by atoms with Gasteiger partial charge in [-0.15, -0.1) is 0 Å². The summed E-state index contributed by atoms with van der Waals surface area (Å²) in [5.41, 5.74) is -0.145. The summed E-state index contributed by atoms with van der Waals surface area (Å²) in [6.07, 6.45) is -1.92. The molecule has 0 unspecified atom stereocenters. The summed E-state index contributed by atoms with van der Waals surface area (Å²) in [6, 6.07) is -0.826. The number of nitrogens with zero attached hydrogens (tertiary/aromatic N) is 3. The highest BCUT2D eigenvalue weighted by Gasteiger charge is 2.32. The molecule has 0 aliphatic carbocycles. The van der Waals surface area contributed by atoms with E-state index in [0.717, 1.165) is 0 Å². The van der Waals surface area contributed by atoms with Crippen LogP contribution in [-0.4, -0.2) is 57.4 Å². The van der Waals surface area contributed by atoms with Crippen molar-refractivity contribution in [2.75, 3.05) is 19.6 Å². The number of nitrogens with one attached hydrogen (secondary N) is 1. The van der Waals surface area contributed by atoms with E-state index in [-0.39, 0.29) is 25.3 Å². The summed E-state index contributed by atoms with van der Waals surface area (Å²) in [5, 5.41) is 11.0. The van der Waals surface area contributed by atoms with Crippen molar-refractivity contribution < 1.29 is 27.9 Å². The minimum absolute atomic E-state index is 0.0581. The molecule has 1 rings (SSSR count). The maximum Gasteiger partial charge on any atom is 0.406 e. The smallest absolute Gasteiger partial charge is 0.406 e. The molecule has 0 aliphatic rings. The lowest BCUT2D eigenvalue weighted by Gasteiger charge is -2.22. The first kappa shape index (κ1) is 16.8. The molecule has 0 spiro atoms. The van der Waals surface area contributed by atoms with Crippen molar-refractivity contribution in [3.63, 3.8) is 0 Å². The molecule has 0 atom stereocenters. The molecule has 0 fully saturated rings. The lowest BCUT2D eigenvalue weighted by atomic mass is 10.5. The standard InChI is InChI=1S/C11H15F3N4O3/c1-2-18(6-11(12,13)14)10(21)15-3-4-17-5-8(9(19)20)16-7-17/h5,7H,2-4,6H2,1H3,(H,15,21)(H,19,20). The van der Waals surface area contributed by atoms with E-state index in [9.17, 15) is 22.8 Å². The summed E-state index contributed by atoms with van der Waals surface area (Å²) < 4.78 is 38.1. The third-order valence-corrected chi connectivity index (χ3v) is 2.54. The molecule has 0 saturated heterocycles. The molecular weight excluding hydrogens is 293 g/mol. The van der Waals surface area contributed by atoms with Gasteiger partial charge >= 0.3 is 18.2 Å². The van der Waals surface area contributed by atoms with Crippen molar-refractivity contribution in [3.8, 4) is 0 Å². The number of carboxylic acid groups (broad SMARTS) is 1. The van der Waals surface area contributed by atoms with Gasteiger partial charge in [-0.25, -0.2) is 14.6 Å². The second-order valence-electron chi connectivity index (χ2n) is 4.16. The fraction of sp³-hybridized carbons (Fsp3) is 0.545. The Labute approximate surface area is 118 Å². The Bertz CT molecular complexity index is 501. The third kappa shape index (κ3) is 5.71. The van der Waals surface area contributed by atoms with Crippen LogP contribution in [0.2, 0.25) is 0 Å². The Morgan fingerprint density at radius 2 is 2.14 bits per heavy atom. The van der Waals surface area contributed by atoms with Gasteiger partial charge in [0.05, 0.1) is 6.33 Å². The van der Waals surface area contributed by atoms with Gasteiger partial charge in [-0.05, 0) is 6.92 Å². The minimum Gasteiger partial charge on any atom is -0.476 e. The summed E-state index contributed by atoms with van der Waals surface area (Å²) in [4.78, 5) is 26.4. The number of carbonyl (C=O) groups excluding carboxylic acids is 1. The zero-order valence-corrected chi connectivity index (χ0v) is 11.2. The molecule has 10 heteroatoms. The van der Waals surface area contributed by atoms with E-state index in [1.165, 1.54) is 24.0 Å². The van der Waals surface area contributed by atoms with Crippen LogP contribution in [0.3, 0.4) is 0 Å². The number of rotatable bonds is 6. The van der Waals surface area contributed by atoms with Crippen LogP contribution in [0.1, 0.15) is 17.4 Å². The number of alkyl halides is 3. The number of carboxylic acids is 1. The Morgan fingerprint density at radius 3 is 2.62 bits per heavy atom. The molecule has 1 aromatic heterocycles. The number of carbonyl (C=O) groups is 2. The van der Waals surface area contributed by atoms with E-state index in [0.29, 0.717) is 4.90 Å². The monoisotopic (exact) mass is 308 g/mol. The molecule has 118 valence electrons. The second-order valence-corrected chi connectivity index (χ2v) is 4.16. The predicted molar refractivity (Wildman–Crippen MR) is 65.9 cm³/mol. The first-order chi connectivity index (χ1) is 9.73. The average molecular weight is 308 g/mol. The molecule has 0 aromatic carbocycles. The van der Waals surface area contributed by atoms with Crippen molar-refractivity contribution in [1.82, 2.24) is 19.8 Å². The van der Waals surface area contributed by atoms with Gasteiger partial charge in [0, 0.05) is 25.8 Å². The van der Waals surface area contributed by atoms with Gasteiger partial charge in [0.15, 0.2) is 5.69 Å². The second kappa shape index (κ2) is 6.95. The third-order valence-electron chi connectivity index (χ3n) is 2.54. The fourth-order valence-corrected chi connectivity index (χ4v) is 1.54. The van der Waals surface area contributed by atoms with Crippen LogP contribution in [0.5, 0.6) is 0 Å². The van der Waals surface area contributed by atoms with Gasteiger partial charge < -0.3 is 19.9 Å². The largest absolute Gasteiger partial charge is 0.476 e. The SMILES string of the molecule is CCN(CC(F)(F)F)C(=O)NCCn1cnc(C(=O)O)c1. The van der Waals surface area contributed by atoms with Crippen LogP contribution in [0.4, 0.5) is 18.0 Å².